The predicted molar refractivity (Wildman–Crippen MR) is 97.3 cm³/mol. The van der Waals surface area contributed by atoms with Gasteiger partial charge in [-0.05, 0) is 42.8 Å². The number of nitrogens with zero attached hydrogens (tertiary/aromatic N) is 3. The SMILES string of the molecule is CCOC(=O)c1nn(-c2ccc(F)cc2)c(=O)cc1NCc1cccnc1. The van der Waals surface area contributed by atoms with Gasteiger partial charge in [0, 0.05) is 25.0 Å². The quantitative estimate of drug-likeness (QED) is 0.673. The number of carbonyl (C=O) groups is 1. The number of ether oxygens (including phenoxy) is 1. The Hall–Kier alpha value is -3.55. The summed E-state index contributed by atoms with van der Waals surface area (Å²) in [5.74, 6) is -1.10. The van der Waals surface area contributed by atoms with Gasteiger partial charge in [0.05, 0.1) is 18.0 Å². The molecule has 3 aromatic rings. The molecule has 0 radical (unpaired) electrons. The van der Waals surface area contributed by atoms with E-state index < -0.39 is 17.3 Å². The van der Waals surface area contributed by atoms with Gasteiger partial charge in [0.15, 0.2) is 5.69 Å². The molecule has 0 fully saturated rings. The number of aromatic nitrogens is 3. The van der Waals surface area contributed by atoms with Gasteiger partial charge in [-0.3, -0.25) is 9.78 Å². The zero-order valence-corrected chi connectivity index (χ0v) is 14.6. The molecular formula is C19H17FN4O3. The molecule has 2 aromatic heterocycles. The zero-order chi connectivity index (χ0) is 19.2. The number of anilines is 1. The summed E-state index contributed by atoms with van der Waals surface area (Å²) in [7, 11) is 0. The van der Waals surface area contributed by atoms with E-state index in [1.165, 1.54) is 30.3 Å². The van der Waals surface area contributed by atoms with Crippen LogP contribution in [0.5, 0.6) is 0 Å². The monoisotopic (exact) mass is 368 g/mol. The minimum atomic E-state index is -0.665. The number of hydrogen-bond acceptors (Lipinski definition) is 6. The van der Waals surface area contributed by atoms with Crippen LogP contribution in [0.25, 0.3) is 5.69 Å². The smallest absolute Gasteiger partial charge is 0.360 e. The highest BCUT2D eigenvalue weighted by atomic mass is 19.1. The van der Waals surface area contributed by atoms with E-state index in [1.807, 2.05) is 6.07 Å². The van der Waals surface area contributed by atoms with Crippen molar-refractivity contribution in [2.45, 2.75) is 13.5 Å². The molecule has 0 saturated heterocycles. The van der Waals surface area contributed by atoms with Crippen LogP contribution in [0.2, 0.25) is 0 Å². The van der Waals surface area contributed by atoms with Crippen LogP contribution < -0.4 is 10.9 Å². The molecule has 2 heterocycles. The van der Waals surface area contributed by atoms with Crippen LogP contribution in [-0.2, 0) is 11.3 Å². The first kappa shape index (κ1) is 18.2. The van der Waals surface area contributed by atoms with Gasteiger partial charge in [0.25, 0.3) is 5.56 Å². The third-order valence-electron chi connectivity index (χ3n) is 3.68. The van der Waals surface area contributed by atoms with Gasteiger partial charge in [-0.25, -0.2) is 9.18 Å². The Morgan fingerprint density at radius 2 is 2.04 bits per heavy atom. The maximum atomic E-state index is 13.1. The van der Waals surface area contributed by atoms with Crippen LogP contribution in [0, 0.1) is 5.82 Å². The summed E-state index contributed by atoms with van der Waals surface area (Å²) in [6, 6.07) is 10.1. The fourth-order valence-electron chi connectivity index (χ4n) is 2.41. The first-order valence-corrected chi connectivity index (χ1v) is 8.28. The van der Waals surface area contributed by atoms with Crippen LogP contribution in [-0.4, -0.2) is 27.3 Å². The minimum Gasteiger partial charge on any atom is -0.461 e. The van der Waals surface area contributed by atoms with E-state index in [1.54, 1.807) is 25.4 Å². The van der Waals surface area contributed by atoms with E-state index in [0.29, 0.717) is 12.2 Å². The lowest BCUT2D eigenvalue weighted by molar-refractivity contribution is 0.0518. The Morgan fingerprint density at radius 1 is 1.26 bits per heavy atom. The highest BCUT2D eigenvalue weighted by Gasteiger charge is 2.18. The van der Waals surface area contributed by atoms with Crippen molar-refractivity contribution in [1.82, 2.24) is 14.8 Å². The lowest BCUT2D eigenvalue weighted by Crippen LogP contribution is -2.26. The van der Waals surface area contributed by atoms with Crippen molar-refractivity contribution in [3.05, 3.63) is 82.3 Å². The number of pyridine rings is 1. The van der Waals surface area contributed by atoms with E-state index in [4.69, 9.17) is 4.74 Å². The molecule has 0 amide bonds. The maximum absolute atomic E-state index is 13.1. The number of nitrogens with one attached hydrogen (secondary N) is 1. The summed E-state index contributed by atoms with van der Waals surface area (Å²) in [6.07, 6.45) is 3.32. The van der Waals surface area contributed by atoms with Crippen LogP contribution in [0.1, 0.15) is 23.0 Å². The van der Waals surface area contributed by atoms with E-state index in [2.05, 4.69) is 15.4 Å². The molecule has 0 bridgehead atoms. The average Bonchev–Trinajstić information content (AvgIpc) is 2.68. The molecule has 0 aliphatic carbocycles. The van der Waals surface area contributed by atoms with Crippen molar-refractivity contribution in [2.75, 3.05) is 11.9 Å². The van der Waals surface area contributed by atoms with Crippen LogP contribution in [0.3, 0.4) is 0 Å². The first-order chi connectivity index (χ1) is 13.1. The molecule has 1 N–H and O–H groups in total. The van der Waals surface area contributed by atoms with E-state index in [-0.39, 0.29) is 18.0 Å². The van der Waals surface area contributed by atoms with Crippen molar-refractivity contribution in [2.24, 2.45) is 0 Å². The van der Waals surface area contributed by atoms with E-state index in [0.717, 1.165) is 10.2 Å². The maximum Gasteiger partial charge on any atom is 0.360 e. The molecule has 0 aliphatic rings. The lowest BCUT2D eigenvalue weighted by atomic mass is 10.2. The summed E-state index contributed by atoms with van der Waals surface area (Å²) in [6.45, 7) is 2.19. The number of rotatable bonds is 6. The lowest BCUT2D eigenvalue weighted by Gasteiger charge is -2.13. The first-order valence-electron chi connectivity index (χ1n) is 8.28. The normalized spacial score (nSPS) is 10.4. The second-order valence-corrected chi connectivity index (χ2v) is 5.57. The van der Waals surface area contributed by atoms with E-state index >= 15 is 0 Å². The highest BCUT2D eigenvalue weighted by molar-refractivity contribution is 5.93. The molecule has 7 nitrogen and oxygen atoms in total. The molecule has 0 saturated carbocycles. The summed E-state index contributed by atoms with van der Waals surface area (Å²) < 4.78 is 19.2. The third-order valence-corrected chi connectivity index (χ3v) is 3.68. The minimum absolute atomic E-state index is 0.0373. The largest absolute Gasteiger partial charge is 0.461 e. The van der Waals surface area contributed by atoms with Crippen molar-refractivity contribution < 1.29 is 13.9 Å². The van der Waals surface area contributed by atoms with Gasteiger partial charge in [0.2, 0.25) is 0 Å². The van der Waals surface area contributed by atoms with Gasteiger partial charge in [-0.15, -0.1) is 0 Å². The average molecular weight is 368 g/mol. The summed E-state index contributed by atoms with van der Waals surface area (Å²) >= 11 is 0. The fourth-order valence-corrected chi connectivity index (χ4v) is 2.41. The number of hydrogen-bond donors (Lipinski definition) is 1. The summed E-state index contributed by atoms with van der Waals surface area (Å²) in [5, 5.41) is 7.15. The number of halogens is 1. The van der Waals surface area contributed by atoms with Gasteiger partial charge >= 0.3 is 5.97 Å². The van der Waals surface area contributed by atoms with Gasteiger partial charge in [-0.1, -0.05) is 6.07 Å². The Morgan fingerprint density at radius 3 is 2.70 bits per heavy atom. The molecule has 0 unspecified atom stereocenters. The van der Waals surface area contributed by atoms with Gasteiger partial charge in [-0.2, -0.15) is 9.78 Å². The molecule has 0 atom stereocenters. The number of benzene rings is 1. The number of esters is 1. The molecule has 138 valence electrons. The van der Waals surface area contributed by atoms with Crippen molar-refractivity contribution in [3.63, 3.8) is 0 Å². The second-order valence-electron chi connectivity index (χ2n) is 5.57. The number of carbonyl (C=O) groups excluding carboxylic acids is 1. The van der Waals surface area contributed by atoms with Crippen LogP contribution in [0.15, 0.2) is 59.7 Å². The highest BCUT2D eigenvalue weighted by Crippen LogP contribution is 2.15. The van der Waals surface area contributed by atoms with Crippen LogP contribution >= 0.6 is 0 Å². The second kappa shape index (κ2) is 8.22. The molecule has 0 spiro atoms. The molecule has 27 heavy (non-hydrogen) atoms. The molecular weight excluding hydrogens is 351 g/mol. The fraction of sp³-hybridized carbons (Fsp3) is 0.158. The Bertz CT molecular complexity index is 988. The van der Waals surface area contributed by atoms with Gasteiger partial charge in [0.1, 0.15) is 5.82 Å². The Labute approximate surface area is 154 Å². The van der Waals surface area contributed by atoms with Crippen molar-refractivity contribution in [1.29, 1.82) is 0 Å². The molecule has 0 aliphatic heterocycles. The third kappa shape index (κ3) is 4.35. The van der Waals surface area contributed by atoms with Gasteiger partial charge < -0.3 is 10.1 Å². The summed E-state index contributed by atoms with van der Waals surface area (Å²) in [5.41, 5.74) is 0.953. The Balaban J connectivity index is 1.99. The van der Waals surface area contributed by atoms with Crippen LogP contribution in [0.4, 0.5) is 10.1 Å². The van der Waals surface area contributed by atoms with Crippen molar-refractivity contribution in [3.8, 4) is 5.69 Å². The summed E-state index contributed by atoms with van der Waals surface area (Å²) in [4.78, 5) is 28.8. The molecule has 1 aromatic carbocycles. The predicted octanol–water partition coefficient (Wildman–Crippen LogP) is 2.56. The molecule has 3 rings (SSSR count). The Kier molecular flexibility index (Phi) is 5.55. The zero-order valence-electron chi connectivity index (χ0n) is 14.6. The molecule has 8 heteroatoms. The topological polar surface area (TPSA) is 86.1 Å². The standard InChI is InChI=1S/C19H17FN4O3/c1-2-27-19(26)18-16(22-12-13-4-3-9-21-11-13)10-17(25)24(23-18)15-7-5-14(20)6-8-15/h3-11,22H,2,12H2,1H3. The van der Waals surface area contributed by atoms with Crippen molar-refractivity contribution >= 4 is 11.7 Å². The van der Waals surface area contributed by atoms with E-state index in [9.17, 15) is 14.0 Å².